The molecule has 3 aromatic rings. The summed E-state index contributed by atoms with van der Waals surface area (Å²) in [5.74, 6) is -0.155. The normalized spacial score (nSPS) is 10.3. The molecule has 3 rings (SSSR count). The van der Waals surface area contributed by atoms with Crippen molar-refractivity contribution in [2.45, 2.75) is 13.0 Å². The van der Waals surface area contributed by atoms with Crippen LogP contribution in [-0.4, -0.2) is 34.2 Å². The van der Waals surface area contributed by atoms with Crippen LogP contribution in [0.25, 0.3) is 0 Å². The van der Waals surface area contributed by atoms with Crippen LogP contribution >= 0.6 is 0 Å². The molecule has 0 saturated heterocycles. The number of carbonyl (C=O) groups is 2. The van der Waals surface area contributed by atoms with Gasteiger partial charge in [-0.2, -0.15) is 4.98 Å². The topological polar surface area (TPSA) is 124 Å². The van der Waals surface area contributed by atoms with Crippen molar-refractivity contribution in [3.63, 3.8) is 0 Å². The van der Waals surface area contributed by atoms with Crippen LogP contribution in [0.2, 0.25) is 0 Å². The number of nitrogens with one attached hydrogen (secondary N) is 1. The van der Waals surface area contributed by atoms with Gasteiger partial charge in [0.2, 0.25) is 5.91 Å². The Hall–Kier alpha value is -3.88. The highest BCUT2D eigenvalue weighted by Gasteiger charge is 2.15. The average molecular weight is 383 g/mol. The largest absolute Gasteiger partial charge is 0.508 e. The zero-order valence-corrected chi connectivity index (χ0v) is 14.9. The maximum Gasteiger partial charge on any atom is 0.338 e. The van der Waals surface area contributed by atoms with E-state index in [-0.39, 0.29) is 42.0 Å². The van der Waals surface area contributed by atoms with Gasteiger partial charge in [-0.1, -0.05) is 17.3 Å². The van der Waals surface area contributed by atoms with Crippen molar-refractivity contribution >= 4 is 17.6 Å². The monoisotopic (exact) mass is 383 g/mol. The smallest absolute Gasteiger partial charge is 0.338 e. The van der Waals surface area contributed by atoms with E-state index in [1.165, 1.54) is 31.4 Å². The first kappa shape index (κ1) is 18.9. The SMILES string of the molecule is COc1ccccc1NC(=O)Cc1noc(COC(=O)c2ccc(O)cc2)n1. The molecule has 28 heavy (non-hydrogen) atoms. The van der Waals surface area contributed by atoms with Crippen LogP contribution in [0.5, 0.6) is 11.5 Å². The summed E-state index contributed by atoms with van der Waals surface area (Å²) in [6.07, 6.45) is -0.118. The molecule has 0 fully saturated rings. The van der Waals surface area contributed by atoms with Gasteiger partial charge >= 0.3 is 5.97 Å². The molecule has 0 aliphatic rings. The zero-order valence-electron chi connectivity index (χ0n) is 14.9. The van der Waals surface area contributed by atoms with Gasteiger partial charge in [0.15, 0.2) is 12.4 Å². The fourth-order valence-electron chi connectivity index (χ4n) is 2.31. The molecular weight excluding hydrogens is 366 g/mol. The highest BCUT2D eigenvalue weighted by atomic mass is 16.6. The maximum atomic E-state index is 12.1. The van der Waals surface area contributed by atoms with E-state index < -0.39 is 5.97 Å². The molecule has 0 atom stereocenters. The lowest BCUT2D eigenvalue weighted by molar-refractivity contribution is -0.115. The first-order valence-electron chi connectivity index (χ1n) is 8.25. The number of rotatable bonds is 7. The molecule has 2 N–H and O–H groups in total. The van der Waals surface area contributed by atoms with Crippen LogP contribution in [0, 0.1) is 0 Å². The number of nitrogens with zero attached hydrogens (tertiary/aromatic N) is 2. The molecule has 0 radical (unpaired) electrons. The Morgan fingerprint density at radius 3 is 2.64 bits per heavy atom. The highest BCUT2D eigenvalue weighted by molar-refractivity contribution is 5.93. The van der Waals surface area contributed by atoms with Gasteiger partial charge in [-0.05, 0) is 36.4 Å². The van der Waals surface area contributed by atoms with E-state index in [0.717, 1.165) is 0 Å². The number of phenols is 1. The molecule has 1 amide bonds. The van der Waals surface area contributed by atoms with E-state index in [2.05, 4.69) is 15.5 Å². The first-order valence-corrected chi connectivity index (χ1v) is 8.25. The maximum absolute atomic E-state index is 12.1. The van der Waals surface area contributed by atoms with Crippen molar-refractivity contribution in [1.29, 1.82) is 0 Å². The van der Waals surface area contributed by atoms with Crippen molar-refractivity contribution in [1.82, 2.24) is 10.1 Å². The Bertz CT molecular complexity index is 968. The second-order valence-electron chi connectivity index (χ2n) is 5.65. The molecule has 0 bridgehead atoms. The Balaban J connectivity index is 1.53. The zero-order chi connectivity index (χ0) is 19.9. The molecule has 1 aromatic heterocycles. The van der Waals surface area contributed by atoms with Crippen molar-refractivity contribution in [2.24, 2.45) is 0 Å². The standard InChI is InChI=1S/C19H17N3O6/c1-26-15-5-3-2-4-14(15)20-17(24)10-16-21-18(28-22-16)11-27-19(25)12-6-8-13(23)9-7-12/h2-9,23H,10-11H2,1H3,(H,20,24). The summed E-state index contributed by atoms with van der Waals surface area (Å²) in [4.78, 5) is 28.1. The Labute approximate surface area is 159 Å². The fraction of sp³-hybridized carbons (Fsp3) is 0.158. The third-order valence-corrected chi connectivity index (χ3v) is 3.64. The summed E-state index contributed by atoms with van der Waals surface area (Å²) in [6, 6.07) is 12.6. The number of aromatic nitrogens is 2. The van der Waals surface area contributed by atoms with Crippen LogP contribution in [-0.2, 0) is 22.6 Å². The predicted octanol–water partition coefficient (Wildman–Crippen LogP) is 2.32. The number of methoxy groups -OCH3 is 1. The number of para-hydroxylation sites is 2. The van der Waals surface area contributed by atoms with Crippen molar-refractivity contribution in [3.05, 3.63) is 65.8 Å². The third-order valence-electron chi connectivity index (χ3n) is 3.64. The van der Waals surface area contributed by atoms with E-state index in [1.807, 2.05) is 0 Å². The van der Waals surface area contributed by atoms with Gasteiger partial charge in [-0.15, -0.1) is 0 Å². The fourth-order valence-corrected chi connectivity index (χ4v) is 2.31. The number of amides is 1. The van der Waals surface area contributed by atoms with Crippen molar-refractivity contribution in [2.75, 3.05) is 12.4 Å². The van der Waals surface area contributed by atoms with E-state index >= 15 is 0 Å². The molecular formula is C19H17N3O6. The minimum atomic E-state index is -0.603. The van der Waals surface area contributed by atoms with Gasteiger partial charge in [0.1, 0.15) is 11.5 Å². The molecule has 0 unspecified atom stereocenters. The van der Waals surface area contributed by atoms with E-state index in [0.29, 0.717) is 11.4 Å². The molecule has 0 spiro atoms. The lowest BCUT2D eigenvalue weighted by atomic mass is 10.2. The minimum Gasteiger partial charge on any atom is -0.508 e. The van der Waals surface area contributed by atoms with Crippen LogP contribution < -0.4 is 10.1 Å². The molecule has 144 valence electrons. The quantitative estimate of drug-likeness (QED) is 0.596. The van der Waals surface area contributed by atoms with Crippen molar-refractivity contribution < 1.29 is 28.7 Å². The van der Waals surface area contributed by atoms with Gasteiger partial charge in [0.25, 0.3) is 5.89 Å². The van der Waals surface area contributed by atoms with Gasteiger partial charge in [0.05, 0.1) is 24.8 Å². The molecule has 9 heteroatoms. The number of anilines is 1. The van der Waals surface area contributed by atoms with Crippen LogP contribution in [0.15, 0.2) is 53.1 Å². The Kier molecular flexibility index (Phi) is 5.85. The molecule has 0 saturated carbocycles. The van der Waals surface area contributed by atoms with Crippen LogP contribution in [0.1, 0.15) is 22.1 Å². The number of carbonyl (C=O) groups excluding carboxylic acids is 2. The summed E-state index contributed by atoms with van der Waals surface area (Å²) in [5, 5.41) is 15.6. The molecule has 1 heterocycles. The Morgan fingerprint density at radius 1 is 1.14 bits per heavy atom. The number of hydrogen-bond acceptors (Lipinski definition) is 8. The lowest BCUT2D eigenvalue weighted by Gasteiger charge is -2.08. The minimum absolute atomic E-state index is 0.0458. The molecule has 9 nitrogen and oxygen atoms in total. The van der Waals surface area contributed by atoms with E-state index in [9.17, 15) is 14.7 Å². The average Bonchev–Trinajstić information content (AvgIpc) is 3.14. The second kappa shape index (κ2) is 8.67. The number of hydrogen-bond donors (Lipinski definition) is 2. The lowest BCUT2D eigenvalue weighted by Crippen LogP contribution is -2.15. The van der Waals surface area contributed by atoms with Gasteiger partial charge in [-0.25, -0.2) is 4.79 Å². The number of aromatic hydroxyl groups is 1. The van der Waals surface area contributed by atoms with Gasteiger partial charge in [-0.3, -0.25) is 4.79 Å². The van der Waals surface area contributed by atoms with E-state index in [1.54, 1.807) is 24.3 Å². The van der Waals surface area contributed by atoms with E-state index in [4.69, 9.17) is 14.0 Å². The summed E-state index contributed by atoms with van der Waals surface area (Å²) in [7, 11) is 1.51. The molecule has 0 aliphatic carbocycles. The van der Waals surface area contributed by atoms with Crippen LogP contribution in [0.3, 0.4) is 0 Å². The molecule has 2 aromatic carbocycles. The number of esters is 1. The van der Waals surface area contributed by atoms with Gasteiger partial charge < -0.3 is 24.4 Å². The summed E-state index contributed by atoms with van der Waals surface area (Å²) < 4.78 is 15.2. The summed E-state index contributed by atoms with van der Waals surface area (Å²) in [5.41, 5.74) is 0.801. The van der Waals surface area contributed by atoms with Gasteiger partial charge in [0, 0.05) is 0 Å². The first-order chi connectivity index (χ1) is 13.5. The van der Waals surface area contributed by atoms with Crippen LogP contribution in [0.4, 0.5) is 5.69 Å². The molecule has 0 aliphatic heterocycles. The predicted molar refractivity (Wildman–Crippen MR) is 96.9 cm³/mol. The number of benzene rings is 2. The van der Waals surface area contributed by atoms with Crippen molar-refractivity contribution in [3.8, 4) is 11.5 Å². The third kappa shape index (κ3) is 4.85. The summed E-state index contributed by atoms with van der Waals surface area (Å²) in [6.45, 7) is -0.235. The highest BCUT2D eigenvalue weighted by Crippen LogP contribution is 2.23. The summed E-state index contributed by atoms with van der Waals surface area (Å²) >= 11 is 0. The number of ether oxygens (including phenoxy) is 2. The number of phenolic OH excluding ortho intramolecular Hbond substituents is 1. The Morgan fingerprint density at radius 2 is 1.89 bits per heavy atom. The second-order valence-corrected chi connectivity index (χ2v) is 5.65.